The van der Waals surface area contributed by atoms with E-state index in [-0.39, 0.29) is 0 Å². The molecule has 2 aromatic rings. The average Bonchev–Trinajstić information content (AvgIpc) is 2.46. The van der Waals surface area contributed by atoms with E-state index in [1.807, 2.05) is 25.1 Å². The molecule has 104 valence electrons. The summed E-state index contributed by atoms with van der Waals surface area (Å²) in [5.74, 6) is 0.816. The van der Waals surface area contributed by atoms with Gasteiger partial charge in [-0.25, -0.2) is 4.98 Å². The van der Waals surface area contributed by atoms with Gasteiger partial charge in [0.15, 0.2) is 0 Å². The predicted octanol–water partition coefficient (Wildman–Crippen LogP) is 4.37. The van der Waals surface area contributed by atoms with Crippen molar-refractivity contribution < 1.29 is 0 Å². The molecule has 0 unspecified atom stereocenters. The van der Waals surface area contributed by atoms with E-state index in [0.29, 0.717) is 16.6 Å². The quantitative estimate of drug-likeness (QED) is 0.768. The molecule has 0 bridgehead atoms. The van der Waals surface area contributed by atoms with Crippen LogP contribution in [-0.2, 0) is 6.54 Å². The third kappa shape index (κ3) is 3.95. The van der Waals surface area contributed by atoms with Gasteiger partial charge in [0, 0.05) is 35.5 Å². The number of halogens is 2. The van der Waals surface area contributed by atoms with Gasteiger partial charge in [-0.3, -0.25) is 4.98 Å². The molecule has 1 aromatic heterocycles. The molecular weight excluding hydrogens is 293 g/mol. The molecular formula is C15H15Cl2N3. The first-order valence-electron chi connectivity index (χ1n) is 6.26. The summed E-state index contributed by atoms with van der Waals surface area (Å²) < 4.78 is 0. The number of benzene rings is 1. The summed E-state index contributed by atoms with van der Waals surface area (Å²) >= 11 is 12.2. The van der Waals surface area contributed by atoms with Crippen LogP contribution in [-0.4, -0.2) is 16.5 Å². The van der Waals surface area contributed by atoms with E-state index < -0.39 is 0 Å². The third-order valence-electron chi connectivity index (χ3n) is 2.81. The highest BCUT2D eigenvalue weighted by molar-refractivity contribution is 6.35. The normalized spacial score (nSPS) is 10.9. The Morgan fingerprint density at radius 1 is 1.25 bits per heavy atom. The van der Waals surface area contributed by atoms with Crippen molar-refractivity contribution in [3.8, 4) is 0 Å². The molecule has 0 N–H and O–H groups in total. The lowest BCUT2D eigenvalue weighted by molar-refractivity contribution is 0.840. The molecule has 1 aromatic carbocycles. The van der Waals surface area contributed by atoms with Crippen LogP contribution in [0.2, 0.25) is 10.0 Å². The smallest absolute Gasteiger partial charge is 0.147 e. The summed E-state index contributed by atoms with van der Waals surface area (Å²) in [6.07, 6.45) is 9.16. The summed E-state index contributed by atoms with van der Waals surface area (Å²) in [5, 5.41) is 1.30. The molecule has 0 atom stereocenters. The van der Waals surface area contributed by atoms with Crippen LogP contribution in [0.25, 0.3) is 0 Å². The molecule has 0 radical (unpaired) electrons. The van der Waals surface area contributed by atoms with E-state index in [2.05, 4.69) is 20.9 Å². The lowest BCUT2D eigenvalue weighted by atomic mass is 10.2. The molecule has 0 fully saturated rings. The minimum atomic E-state index is 0.637. The Morgan fingerprint density at radius 3 is 2.75 bits per heavy atom. The summed E-state index contributed by atoms with van der Waals surface area (Å²) in [7, 11) is 0. The molecule has 0 aliphatic heterocycles. The number of nitrogens with zero attached hydrogens (tertiary/aromatic N) is 3. The van der Waals surface area contributed by atoms with Crippen LogP contribution in [0, 0.1) is 0 Å². The minimum Gasteiger partial charge on any atom is -0.347 e. The van der Waals surface area contributed by atoms with Gasteiger partial charge in [-0.1, -0.05) is 41.4 Å². The van der Waals surface area contributed by atoms with Crippen molar-refractivity contribution in [2.75, 3.05) is 11.4 Å². The highest BCUT2D eigenvalue weighted by Gasteiger charge is 2.10. The minimum absolute atomic E-state index is 0.637. The van der Waals surface area contributed by atoms with Gasteiger partial charge < -0.3 is 4.90 Å². The Kier molecular flexibility index (Phi) is 5.39. The number of allylic oxidation sites excluding steroid dienone is 1. The Labute approximate surface area is 128 Å². The molecule has 0 spiro atoms. The molecule has 1 heterocycles. The van der Waals surface area contributed by atoms with Crippen LogP contribution in [0.5, 0.6) is 0 Å². The van der Waals surface area contributed by atoms with E-state index >= 15 is 0 Å². The van der Waals surface area contributed by atoms with Crippen LogP contribution in [0.15, 0.2) is 48.9 Å². The summed E-state index contributed by atoms with van der Waals surface area (Å²) in [5.41, 5.74) is 1.01. The summed E-state index contributed by atoms with van der Waals surface area (Å²) in [6.45, 7) is 3.39. The number of hydrogen-bond acceptors (Lipinski definition) is 3. The zero-order valence-corrected chi connectivity index (χ0v) is 12.6. The van der Waals surface area contributed by atoms with Gasteiger partial charge in [0.05, 0.1) is 6.20 Å². The average molecular weight is 308 g/mol. The fourth-order valence-corrected chi connectivity index (χ4v) is 2.25. The van der Waals surface area contributed by atoms with Crippen molar-refractivity contribution in [3.05, 3.63) is 64.6 Å². The van der Waals surface area contributed by atoms with Crippen LogP contribution in [0.1, 0.15) is 12.5 Å². The highest BCUT2D eigenvalue weighted by Crippen LogP contribution is 2.23. The van der Waals surface area contributed by atoms with Crippen molar-refractivity contribution in [1.82, 2.24) is 9.97 Å². The Hall–Kier alpha value is -1.58. The van der Waals surface area contributed by atoms with Gasteiger partial charge in [-0.15, -0.1) is 0 Å². The van der Waals surface area contributed by atoms with Gasteiger partial charge in [0.1, 0.15) is 5.82 Å². The first-order valence-corrected chi connectivity index (χ1v) is 7.02. The Balaban J connectivity index is 2.23. The zero-order valence-electron chi connectivity index (χ0n) is 11.1. The van der Waals surface area contributed by atoms with Crippen molar-refractivity contribution in [2.45, 2.75) is 13.5 Å². The lowest BCUT2D eigenvalue weighted by Gasteiger charge is -2.22. The summed E-state index contributed by atoms with van der Waals surface area (Å²) in [4.78, 5) is 10.5. The standard InChI is InChI=1S/C15H15Cl2N3/c1-2-3-8-20(15-10-18-6-7-19-15)11-12-4-5-13(16)9-14(12)17/h2-7,9-10H,8,11H2,1H3/b3-2+. The van der Waals surface area contributed by atoms with Crippen molar-refractivity contribution in [3.63, 3.8) is 0 Å². The fourth-order valence-electron chi connectivity index (χ4n) is 1.78. The Bertz CT molecular complexity index is 585. The molecule has 3 nitrogen and oxygen atoms in total. The molecule has 0 saturated heterocycles. The number of rotatable bonds is 5. The van der Waals surface area contributed by atoms with Gasteiger partial charge in [0.2, 0.25) is 0 Å². The van der Waals surface area contributed by atoms with E-state index in [4.69, 9.17) is 23.2 Å². The maximum atomic E-state index is 6.23. The number of anilines is 1. The number of hydrogen-bond donors (Lipinski definition) is 0. The van der Waals surface area contributed by atoms with Gasteiger partial charge in [-0.2, -0.15) is 0 Å². The number of aromatic nitrogens is 2. The topological polar surface area (TPSA) is 29.0 Å². The summed E-state index contributed by atoms with van der Waals surface area (Å²) in [6, 6.07) is 5.53. The first-order chi connectivity index (χ1) is 9.70. The van der Waals surface area contributed by atoms with Crippen LogP contribution in [0.3, 0.4) is 0 Å². The van der Waals surface area contributed by atoms with Crippen molar-refractivity contribution >= 4 is 29.0 Å². The second-order valence-corrected chi connectivity index (χ2v) is 5.09. The van der Waals surface area contributed by atoms with Crippen LogP contribution >= 0.6 is 23.2 Å². The van der Waals surface area contributed by atoms with Gasteiger partial charge in [-0.05, 0) is 24.6 Å². The highest BCUT2D eigenvalue weighted by atomic mass is 35.5. The van der Waals surface area contributed by atoms with Gasteiger partial charge >= 0.3 is 0 Å². The van der Waals surface area contributed by atoms with E-state index in [9.17, 15) is 0 Å². The molecule has 0 amide bonds. The second kappa shape index (κ2) is 7.27. The molecule has 0 saturated carbocycles. The Morgan fingerprint density at radius 2 is 2.10 bits per heavy atom. The SMILES string of the molecule is C/C=C/CN(Cc1ccc(Cl)cc1Cl)c1cnccn1. The maximum absolute atomic E-state index is 6.23. The van der Waals surface area contributed by atoms with Crippen LogP contribution in [0.4, 0.5) is 5.82 Å². The molecule has 2 rings (SSSR count). The molecule has 20 heavy (non-hydrogen) atoms. The fraction of sp³-hybridized carbons (Fsp3) is 0.200. The van der Waals surface area contributed by atoms with Crippen molar-refractivity contribution in [1.29, 1.82) is 0 Å². The zero-order chi connectivity index (χ0) is 14.4. The molecule has 5 heteroatoms. The van der Waals surface area contributed by atoms with E-state index in [1.165, 1.54) is 0 Å². The monoisotopic (exact) mass is 307 g/mol. The third-order valence-corrected chi connectivity index (χ3v) is 3.40. The lowest BCUT2D eigenvalue weighted by Crippen LogP contribution is -2.24. The molecule has 0 aliphatic rings. The maximum Gasteiger partial charge on any atom is 0.147 e. The van der Waals surface area contributed by atoms with Gasteiger partial charge in [0.25, 0.3) is 0 Å². The first kappa shape index (κ1) is 14.8. The van der Waals surface area contributed by atoms with Crippen molar-refractivity contribution in [2.24, 2.45) is 0 Å². The predicted molar refractivity (Wildman–Crippen MR) is 84.4 cm³/mol. The van der Waals surface area contributed by atoms with Crippen LogP contribution < -0.4 is 4.90 Å². The largest absolute Gasteiger partial charge is 0.347 e. The molecule has 0 aliphatic carbocycles. The second-order valence-electron chi connectivity index (χ2n) is 4.25. The van der Waals surface area contributed by atoms with E-state index in [0.717, 1.165) is 17.9 Å². The van der Waals surface area contributed by atoms with E-state index in [1.54, 1.807) is 24.7 Å².